The molecule has 0 bridgehead atoms. The van der Waals surface area contributed by atoms with Gasteiger partial charge in [0.15, 0.2) is 5.78 Å². The monoisotopic (exact) mass is 338 g/mol. The number of carbonyl (C=O) groups excluding carboxylic acids is 1. The van der Waals surface area contributed by atoms with E-state index < -0.39 is 29.4 Å². The smallest absolute Gasteiger partial charge is 0.416 e. The molecule has 1 unspecified atom stereocenters. The average Bonchev–Trinajstić information content (AvgIpc) is 2.53. The molecule has 0 aliphatic rings. The van der Waals surface area contributed by atoms with Gasteiger partial charge in [0.2, 0.25) is 0 Å². The second-order valence-electron chi connectivity index (χ2n) is 5.08. The summed E-state index contributed by atoms with van der Waals surface area (Å²) < 4.78 is 43.3. The van der Waals surface area contributed by atoms with Crippen LogP contribution in [0.3, 0.4) is 0 Å². The topological polar surface area (TPSA) is 63.6 Å². The summed E-state index contributed by atoms with van der Waals surface area (Å²) in [6.07, 6.45) is -4.47. The second kappa shape index (κ2) is 6.74. The van der Waals surface area contributed by atoms with Gasteiger partial charge >= 0.3 is 12.1 Å². The number of aliphatic carboxylic acids is 1. The average molecular weight is 338 g/mol. The van der Waals surface area contributed by atoms with E-state index >= 15 is 0 Å². The molecule has 0 amide bonds. The standard InChI is InChI=1S/C17H13F3O4/c1-10(16(22)23)15(21)11-5-7-13(8-6-11)24-14-4-2-3-12(9-14)17(18,19)20/h2-10H,1H3,(H,22,23). The molecule has 0 aliphatic heterocycles. The summed E-state index contributed by atoms with van der Waals surface area (Å²) >= 11 is 0. The third-order valence-corrected chi connectivity index (χ3v) is 3.30. The van der Waals surface area contributed by atoms with Gasteiger partial charge in [0.25, 0.3) is 0 Å². The number of halogens is 3. The van der Waals surface area contributed by atoms with E-state index in [0.717, 1.165) is 12.1 Å². The fourth-order valence-corrected chi connectivity index (χ4v) is 1.92. The number of ketones is 1. The summed E-state index contributed by atoms with van der Waals surface area (Å²) in [5.74, 6) is -2.74. The summed E-state index contributed by atoms with van der Waals surface area (Å²) in [4.78, 5) is 22.7. The Balaban J connectivity index is 2.15. The lowest BCUT2D eigenvalue weighted by Crippen LogP contribution is -2.20. The van der Waals surface area contributed by atoms with E-state index in [4.69, 9.17) is 9.84 Å². The van der Waals surface area contributed by atoms with Crippen molar-refractivity contribution in [2.45, 2.75) is 13.1 Å². The molecule has 7 heteroatoms. The van der Waals surface area contributed by atoms with E-state index in [1.54, 1.807) is 0 Å². The van der Waals surface area contributed by atoms with Gasteiger partial charge in [0.1, 0.15) is 17.4 Å². The van der Waals surface area contributed by atoms with Crippen molar-refractivity contribution >= 4 is 11.8 Å². The zero-order valence-corrected chi connectivity index (χ0v) is 12.5. The molecule has 1 N–H and O–H groups in total. The van der Waals surface area contributed by atoms with E-state index in [1.165, 1.54) is 43.3 Å². The van der Waals surface area contributed by atoms with E-state index in [2.05, 4.69) is 0 Å². The molecule has 0 fully saturated rings. The molecule has 1 atom stereocenters. The van der Waals surface area contributed by atoms with Crippen molar-refractivity contribution in [2.24, 2.45) is 5.92 Å². The Morgan fingerprint density at radius 3 is 2.21 bits per heavy atom. The lowest BCUT2D eigenvalue weighted by molar-refractivity contribution is -0.139. The van der Waals surface area contributed by atoms with E-state index in [0.29, 0.717) is 0 Å². The molecule has 126 valence electrons. The van der Waals surface area contributed by atoms with Crippen LogP contribution in [0.5, 0.6) is 11.5 Å². The predicted octanol–water partition coefficient (Wildman–Crippen LogP) is 4.40. The molecule has 0 aromatic heterocycles. The number of ether oxygens (including phenoxy) is 1. The van der Waals surface area contributed by atoms with Crippen molar-refractivity contribution in [1.29, 1.82) is 0 Å². The number of Topliss-reactive ketones (excluding diaryl/α,β-unsaturated/α-hetero) is 1. The van der Waals surface area contributed by atoms with Gasteiger partial charge < -0.3 is 9.84 Å². The number of carboxylic acid groups (broad SMARTS) is 1. The molecule has 2 aromatic rings. The number of benzene rings is 2. The van der Waals surface area contributed by atoms with E-state index in [9.17, 15) is 22.8 Å². The highest BCUT2D eigenvalue weighted by Crippen LogP contribution is 2.32. The van der Waals surface area contributed by atoms with Gasteiger partial charge in [0, 0.05) is 5.56 Å². The van der Waals surface area contributed by atoms with Crippen molar-refractivity contribution in [3.05, 3.63) is 59.7 Å². The third kappa shape index (κ3) is 4.13. The fraction of sp³-hybridized carbons (Fsp3) is 0.176. The zero-order valence-electron chi connectivity index (χ0n) is 12.5. The number of carboxylic acids is 1. The van der Waals surface area contributed by atoms with Gasteiger partial charge in [-0.1, -0.05) is 6.07 Å². The minimum absolute atomic E-state index is 0.00260. The van der Waals surface area contributed by atoms with Crippen LogP contribution in [0.1, 0.15) is 22.8 Å². The van der Waals surface area contributed by atoms with Crippen LogP contribution in [0.4, 0.5) is 13.2 Å². The highest BCUT2D eigenvalue weighted by atomic mass is 19.4. The van der Waals surface area contributed by atoms with E-state index in [-0.39, 0.29) is 17.1 Å². The maximum absolute atomic E-state index is 12.6. The van der Waals surface area contributed by atoms with Crippen molar-refractivity contribution in [1.82, 2.24) is 0 Å². The molecule has 0 spiro atoms. The SMILES string of the molecule is CC(C(=O)O)C(=O)c1ccc(Oc2cccc(C(F)(F)F)c2)cc1. The van der Waals surface area contributed by atoms with Crippen molar-refractivity contribution in [3.8, 4) is 11.5 Å². The van der Waals surface area contributed by atoms with Crippen LogP contribution in [0, 0.1) is 5.92 Å². The molecular formula is C17H13F3O4. The quantitative estimate of drug-likeness (QED) is 0.648. The van der Waals surface area contributed by atoms with Gasteiger partial charge in [-0.3, -0.25) is 9.59 Å². The second-order valence-corrected chi connectivity index (χ2v) is 5.08. The van der Waals surface area contributed by atoms with Gasteiger partial charge in [-0.25, -0.2) is 0 Å². The highest BCUT2D eigenvalue weighted by Gasteiger charge is 2.30. The van der Waals surface area contributed by atoms with Crippen molar-refractivity contribution < 1.29 is 32.6 Å². The van der Waals surface area contributed by atoms with Crippen molar-refractivity contribution in [2.75, 3.05) is 0 Å². The molecule has 0 aliphatic carbocycles. The highest BCUT2D eigenvalue weighted by molar-refractivity contribution is 6.07. The molecule has 2 rings (SSSR count). The Morgan fingerprint density at radius 2 is 1.67 bits per heavy atom. The summed E-state index contributed by atoms with van der Waals surface area (Å²) in [5.41, 5.74) is -0.650. The Labute approximate surface area is 135 Å². The van der Waals surface area contributed by atoms with Gasteiger partial charge in [-0.2, -0.15) is 13.2 Å². The first kappa shape index (κ1) is 17.5. The number of alkyl halides is 3. The Bertz CT molecular complexity index is 751. The third-order valence-electron chi connectivity index (χ3n) is 3.30. The first-order valence-electron chi connectivity index (χ1n) is 6.90. The Morgan fingerprint density at radius 1 is 1.04 bits per heavy atom. The number of rotatable bonds is 5. The number of carbonyl (C=O) groups is 2. The summed E-state index contributed by atoms with van der Waals surface area (Å²) in [6.45, 7) is 1.28. The first-order valence-corrected chi connectivity index (χ1v) is 6.90. The molecular weight excluding hydrogens is 325 g/mol. The lowest BCUT2D eigenvalue weighted by atomic mass is 10.00. The van der Waals surface area contributed by atoms with Gasteiger partial charge in [-0.05, 0) is 49.4 Å². The molecule has 2 aromatic carbocycles. The largest absolute Gasteiger partial charge is 0.481 e. The van der Waals surface area contributed by atoms with Gasteiger partial charge in [-0.15, -0.1) is 0 Å². The molecule has 0 saturated heterocycles. The summed E-state index contributed by atoms with van der Waals surface area (Å²) in [5, 5.41) is 8.82. The normalized spacial score (nSPS) is 12.5. The van der Waals surface area contributed by atoms with Gasteiger partial charge in [0.05, 0.1) is 5.56 Å². The van der Waals surface area contributed by atoms with Crippen LogP contribution >= 0.6 is 0 Å². The predicted molar refractivity (Wildman–Crippen MR) is 79.1 cm³/mol. The molecule has 0 radical (unpaired) electrons. The summed E-state index contributed by atoms with van der Waals surface area (Å²) in [6, 6.07) is 9.92. The lowest BCUT2D eigenvalue weighted by Gasteiger charge is -2.10. The van der Waals surface area contributed by atoms with Crippen LogP contribution in [0.25, 0.3) is 0 Å². The maximum Gasteiger partial charge on any atom is 0.416 e. The molecule has 0 heterocycles. The van der Waals surface area contributed by atoms with E-state index in [1.807, 2.05) is 0 Å². The van der Waals surface area contributed by atoms with Crippen LogP contribution in [0.2, 0.25) is 0 Å². The summed E-state index contributed by atoms with van der Waals surface area (Å²) in [7, 11) is 0. The molecule has 24 heavy (non-hydrogen) atoms. The zero-order chi connectivity index (χ0) is 17.9. The Kier molecular flexibility index (Phi) is 4.92. The minimum atomic E-state index is -4.47. The maximum atomic E-state index is 12.6. The first-order chi connectivity index (χ1) is 11.2. The van der Waals surface area contributed by atoms with Crippen LogP contribution < -0.4 is 4.74 Å². The Hall–Kier alpha value is -2.83. The number of hydrogen-bond acceptors (Lipinski definition) is 3. The van der Waals surface area contributed by atoms with Crippen LogP contribution in [0.15, 0.2) is 48.5 Å². The van der Waals surface area contributed by atoms with Crippen LogP contribution in [-0.4, -0.2) is 16.9 Å². The fourth-order valence-electron chi connectivity index (χ4n) is 1.92. The van der Waals surface area contributed by atoms with Crippen LogP contribution in [-0.2, 0) is 11.0 Å². The molecule has 4 nitrogen and oxygen atoms in total. The molecule has 0 saturated carbocycles. The number of hydrogen-bond donors (Lipinski definition) is 1. The van der Waals surface area contributed by atoms with Crippen molar-refractivity contribution in [3.63, 3.8) is 0 Å². The minimum Gasteiger partial charge on any atom is -0.481 e.